The van der Waals surface area contributed by atoms with E-state index in [-0.39, 0.29) is 5.75 Å². The maximum absolute atomic E-state index is 12.6. The molecule has 94 valence electrons. The molecule has 5 heteroatoms. The highest BCUT2D eigenvalue weighted by Gasteiger charge is 2.06. The van der Waals surface area contributed by atoms with Gasteiger partial charge in [-0.05, 0) is 18.2 Å². The second-order valence-electron chi connectivity index (χ2n) is 3.69. The van der Waals surface area contributed by atoms with Gasteiger partial charge in [-0.25, -0.2) is 4.98 Å². The van der Waals surface area contributed by atoms with Gasteiger partial charge in [-0.15, -0.1) is 0 Å². The van der Waals surface area contributed by atoms with Crippen molar-refractivity contribution in [2.24, 2.45) is 0 Å². The van der Waals surface area contributed by atoms with Gasteiger partial charge in [0.1, 0.15) is 0 Å². The van der Waals surface area contributed by atoms with Crippen molar-refractivity contribution in [3.8, 4) is 11.5 Å². The normalized spacial score (nSPS) is 10.1. The summed E-state index contributed by atoms with van der Waals surface area (Å²) >= 11 is 0. The van der Waals surface area contributed by atoms with Gasteiger partial charge < -0.3 is 15.2 Å². The van der Waals surface area contributed by atoms with Crippen molar-refractivity contribution in [3.63, 3.8) is 0 Å². The monoisotopic (exact) mass is 248 g/mol. The number of phenols is 1. The molecule has 0 atom stereocenters. The average molecular weight is 248 g/mol. The van der Waals surface area contributed by atoms with Crippen molar-refractivity contribution in [2.45, 2.75) is 6.54 Å². The second kappa shape index (κ2) is 5.35. The molecule has 4 nitrogen and oxygen atoms in total. The summed E-state index contributed by atoms with van der Waals surface area (Å²) in [5, 5.41) is 12.9. The summed E-state index contributed by atoms with van der Waals surface area (Å²) in [6.07, 6.45) is 1.40. The van der Waals surface area contributed by atoms with Gasteiger partial charge in [-0.1, -0.05) is 12.1 Å². The van der Waals surface area contributed by atoms with Gasteiger partial charge in [0.05, 0.1) is 19.0 Å². The number of hydrogen-bond donors (Lipinski definition) is 2. The predicted octanol–water partition coefficient (Wildman–Crippen LogP) is 2.55. The van der Waals surface area contributed by atoms with Gasteiger partial charge >= 0.3 is 0 Å². The maximum atomic E-state index is 12.6. The van der Waals surface area contributed by atoms with E-state index in [0.717, 1.165) is 0 Å². The van der Waals surface area contributed by atoms with Gasteiger partial charge in [0, 0.05) is 12.1 Å². The number of ether oxygens (including phenoxy) is 1. The lowest BCUT2D eigenvalue weighted by atomic mass is 10.2. The van der Waals surface area contributed by atoms with Crippen LogP contribution in [0.25, 0.3) is 0 Å². The molecule has 2 rings (SSSR count). The Bertz CT molecular complexity index is 529. The highest BCUT2D eigenvalue weighted by Crippen LogP contribution is 2.29. The highest BCUT2D eigenvalue weighted by molar-refractivity contribution is 5.48. The molecule has 0 bridgehead atoms. The number of nitrogens with zero attached hydrogens (tertiary/aromatic N) is 1. The first-order chi connectivity index (χ1) is 8.70. The number of benzene rings is 1. The smallest absolute Gasteiger partial charge is 0.212 e. The SMILES string of the molecule is COc1cccc(CNc2ccc(F)nc2)c1O. The number of methoxy groups -OCH3 is 1. The van der Waals surface area contributed by atoms with Gasteiger partial charge in [0.15, 0.2) is 11.5 Å². The molecule has 0 saturated carbocycles. The van der Waals surface area contributed by atoms with E-state index >= 15 is 0 Å². The quantitative estimate of drug-likeness (QED) is 0.816. The molecule has 18 heavy (non-hydrogen) atoms. The summed E-state index contributed by atoms with van der Waals surface area (Å²) in [7, 11) is 1.50. The van der Waals surface area contributed by atoms with Gasteiger partial charge in [0.25, 0.3) is 0 Å². The van der Waals surface area contributed by atoms with Crippen molar-refractivity contribution in [3.05, 3.63) is 48.0 Å². The molecule has 0 aliphatic heterocycles. The van der Waals surface area contributed by atoms with E-state index in [2.05, 4.69) is 10.3 Å². The van der Waals surface area contributed by atoms with Crippen molar-refractivity contribution in [2.75, 3.05) is 12.4 Å². The highest BCUT2D eigenvalue weighted by atomic mass is 19.1. The molecule has 0 radical (unpaired) electrons. The first-order valence-corrected chi connectivity index (χ1v) is 5.41. The summed E-state index contributed by atoms with van der Waals surface area (Å²) < 4.78 is 17.6. The lowest BCUT2D eigenvalue weighted by Gasteiger charge is -2.10. The summed E-state index contributed by atoms with van der Waals surface area (Å²) in [6, 6.07) is 8.10. The molecule has 0 saturated heterocycles. The van der Waals surface area contributed by atoms with Crippen LogP contribution in [0.5, 0.6) is 11.5 Å². The summed E-state index contributed by atoms with van der Waals surface area (Å²) in [5.41, 5.74) is 1.37. The molecule has 2 N–H and O–H groups in total. The molecule has 0 unspecified atom stereocenters. The average Bonchev–Trinajstić information content (AvgIpc) is 2.39. The zero-order valence-electron chi connectivity index (χ0n) is 9.85. The zero-order chi connectivity index (χ0) is 13.0. The van der Waals surface area contributed by atoms with Crippen LogP contribution >= 0.6 is 0 Å². The van der Waals surface area contributed by atoms with Crippen LogP contribution in [-0.4, -0.2) is 17.2 Å². The first kappa shape index (κ1) is 12.2. The number of anilines is 1. The third kappa shape index (κ3) is 2.68. The van der Waals surface area contributed by atoms with Crippen molar-refractivity contribution in [1.82, 2.24) is 4.98 Å². The van der Waals surface area contributed by atoms with E-state index in [9.17, 15) is 9.50 Å². The van der Waals surface area contributed by atoms with E-state index < -0.39 is 5.95 Å². The van der Waals surface area contributed by atoms with Crippen LogP contribution in [0.2, 0.25) is 0 Å². The summed E-state index contributed by atoms with van der Waals surface area (Å²) in [4.78, 5) is 3.53. The van der Waals surface area contributed by atoms with Crippen LogP contribution in [0.1, 0.15) is 5.56 Å². The Kier molecular flexibility index (Phi) is 3.62. The number of nitrogens with one attached hydrogen (secondary N) is 1. The molecule has 0 aliphatic rings. The number of para-hydroxylation sites is 1. The van der Waals surface area contributed by atoms with Crippen LogP contribution in [0, 0.1) is 5.95 Å². The molecule has 1 heterocycles. The van der Waals surface area contributed by atoms with Gasteiger partial charge in [0.2, 0.25) is 5.95 Å². The molecular weight excluding hydrogens is 235 g/mol. The Balaban J connectivity index is 2.08. The standard InChI is InChI=1S/C13H13FN2O2/c1-18-11-4-2-3-9(13(11)17)7-15-10-5-6-12(14)16-8-10/h2-6,8,15,17H,7H2,1H3. The number of phenolic OH excluding ortho intramolecular Hbond substituents is 1. The van der Waals surface area contributed by atoms with Crippen LogP contribution in [0.15, 0.2) is 36.5 Å². The molecule has 0 spiro atoms. The Hall–Kier alpha value is -2.30. The molecule has 1 aromatic heterocycles. The van der Waals surface area contributed by atoms with E-state index in [4.69, 9.17) is 4.74 Å². The zero-order valence-corrected chi connectivity index (χ0v) is 9.85. The minimum atomic E-state index is -0.523. The van der Waals surface area contributed by atoms with Crippen LogP contribution in [0.3, 0.4) is 0 Å². The van der Waals surface area contributed by atoms with Crippen molar-refractivity contribution >= 4 is 5.69 Å². The number of aromatic nitrogens is 1. The van der Waals surface area contributed by atoms with Crippen LogP contribution < -0.4 is 10.1 Å². The Morgan fingerprint density at radius 1 is 1.33 bits per heavy atom. The van der Waals surface area contributed by atoms with Crippen molar-refractivity contribution < 1.29 is 14.2 Å². The topological polar surface area (TPSA) is 54.4 Å². The van der Waals surface area contributed by atoms with E-state index in [1.807, 2.05) is 0 Å². The second-order valence-corrected chi connectivity index (χ2v) is 3.69. The summed E-state index contributed by atoms with van der Waals surface area (Å²) in [6.45, 7) is 0.399. The molecule has 0 amide bonds. The van der Waals surface area contributed by atoms with E-state index in [1.165, 1.54) is 19.4 Å². The van der Waals surface area contributed by atoms with E-state index in [1.54, 1.807) is 24.3 Å². The molecule has 2 aromatic rings. The number of aromatic hydroxyl groups is 1. The first-order valence-electron chi connectivity index (χ1n) is 5.41. The van der Waals surface area contributed by atoms with Gasteiger partial charge in [-0.2, -0.15) is 4.39 Å². The summed E-state index contributed by atoms with van der Waals surface area (Å²) in [5.74, 6) is -0.00104. The van der Waals surface area contributed by atoms with Crippen molar-refractivity contribution in [1.29, 1.82) is 0 Å². The van der Waals surface area contributed by atoms with Gasteiger partial charge in [-0.3, -0.25) is 0 Å². The lowest BCUT2D eigenvalue weighted by molar-refractivity contribution is 0.371. The third-order valence-electron chi connectivity index (χ3n) is 2.51. The Morgan fingerprint density at radius 2 is 2.17 bits per heavy atom. The number of halogens is 1. The lowest BCUT2D eigenvalue weighted by Crippen LogP contribution is -2.01. The fraction of sp³-hybridized carbons (Fsp3) is 0.154. The molecule has 0 aliphatic carbocycles. The number of hydrogen-bond acceptors (Lipinski definition) is 4. The molecular formula is C13H13FN2O2. The van der Waals surface area contributed by atoms with Crippen LogP contribution in [-0.2, 0) is 6.54 Å². The number of pyridine rings is 1. The number of rotatable bonds is 4. The fourth-order valence-electron chi connectivity index (χ4n) is 1.55. The van der Waals surface area contributed by atoms with Crippen LogP contribution in [0.4, 0.5) is 10.1 Å². The fourth-order valence-corrected chi connectivity index (χ4v) is 1.55. The van der Waals surface area contributed by atoms with E-state index in [0.29, 0.717) is 23.5 Å². The Morgan fingerprint density at radius 3 is 2.83 bits per heavy atom. The Labute approximate surface area is 104 Å². The largest absolute Gasteiger partial charge is 0.504 e. The predicted molar refractivity (Wildman–Crippen MR) is 66.2 cm³/mol. The maximum Gasteiger partial charge on any atom is 0.212 e. The third-order valence-corrected chi connectivity index (χ3v) is 2.51. The molecule has 0 fully saturated rings. The minimum absolute atomic E-state index is 0.0996. The molecule has 1 aromatic carbocycles. The minimum Gasteiger partial charge on any atom is -0.504 e.